The van der Waals surface area contributed by atoms with Gasteiger partial charge in [-0.15, -0.1) is 0 Å². The van der Waals surface area contributed by atoms with Gasteiger partial charge >= 0.3 is 0 Å². The highest BCUT2D eigenvalue weighted by molar-refractivity contribution is 5.64. The van der Waals surface area contributed by atoms with E-state index in [2.05, 4.69) is 11.9 Å². The number of hydrogen-bond acceptors (Lipinski definition) is 2. The highest BCUT2D eigenvalue weighted by atomic mass is 19.3. The summed E-state index contributed by atoms with van der Waals surface area (Å²) in [5, 5.41) is 11.6. The third-order valence-electron chi connectivity index (χ3n) is 2.16. The third kappa shape index (κ3) is 4.08. The fraction of sp³-hybridized carbons (Fsp3) is 0.333. The van der Waals surface area contributed by atoms with Crippen LogP contribution in [0.25, 0.3) is 5.57 Å². The van der Waals surface area contributed by atoms with Crippen molar-refractivity contribution < 1.29 is 13.9 Å². The Morgan fingerprint density at radius 3 is 2.50 bits per heavy atom. The number of aliphatic hydroxyl groups excluding tert-OH is 1. The zero-order valence-corrected chi connectivity index (χ0v) is 8.87. The van der Waals surface area contributed by atoms with Crippen LogP contribution in [0.2, 0.25) is 0 Å². The van der Waals surface area contributed by atoms with Crippen molar-refractivity contribution in [3.8, 4) is 0 Å². The molecule has 4 heteroatoms. The maximum atomic E-state index is 12.0. The van der Waals surface area contributed by atoms with E-state index in [0.29, 0.717) is 6.54 Å². The van der Waals surface area contributed by atoms with Crippen LogP contribution in [0.5, 0.6) is 0 Å². The summed E-state index contributed by atoms with van der Waals surface area (Å²) in [4.78, 5) is 0. The van der Waals surface area contributed by atoms with Gasteiger partial charge in [-0.25, -0.2) is 8.78 Å². The molecule has 0 bridgehead atoms. The van der Waals surface area contributed by atoms with Crippen LogP contribution in [0.15, 0.2) is 36.9 Å². The van der Waals surface area contributed by atoms with Crippen molar-refractivity contribution in [2.75, 3.05) is 13.1 Å². The second-order valence-corrected chi connectivity index (χ2v) is 3.50. The number of aliphatic hydroxyl groups is 1. The molecule has 2 N–H and O–H groups in total. The summed E-state index contributed by atoms with van der Waals surface area (Å²) in [6.07, 6.45) is -4.33. The van der Waals surface area contributed by atoms with E-state index in [9.17, 15) is 8.78 Å². The van der Waals surface area contributed by atoms with Gasteiger partial charge in [-0.1, -0.05) is 36.9 Å². The van der Waals surface area contributed by atoms with Crippen LogP contribution in [0.1, 0.15) is 5.56 Å². The van der Waals surface area contributed by atoms with Crippen molar-refractivity contribution in [2.45, 2.75) is 12.5 Å². The lowest BCUT2D eigenvalue weighted by Crippen LogP contribution is -2.32. The number of hydrogen-bond donors (Lipinski definition) is 2. The normalized spacial score (nSPS) is 12.8. The minimum atomic E-state index is -2.71. The Bertz CT molecular complexity index is 327. The van der Waals surface area contributed by atoms with Crippen molar-refractivity contribution in [1.82, 2.24) is 5.32 Å². The van der Waals surface area contributed by atoms with Gasteiger partial charge in [0.15, 0.2) is 0 Å². The van der Waals surface area contributed by atoms with Crippen LogP contribution in [-0.4, -0.2) is 30.7 Å². The second-order valence-electron chi connectivity index (χ2n) is 3.50. The van der Waals surface area contributed by atoms with Crippen molar-refractivity contribution >= 4 is 5.57 Å². The predicted molar refractivity (Wildman–Crippen MR) is 60.4 cm³/mol. The SMILES string of the molecule is C=C(CNCC(O)C(F)F)c1ccccc1. The molecule has 0 amide bonds. The minimum Gasteiger partial charge on any atom is -0.386 e. The van der Waals surface area contributed by atoms with Gasteiger partial charge in [-0.05, 0) is 11.1 Å². The van der Waals surface area contributed by atoms with Crippen molar-refractivity contribution in [3.63, 3.8) is 0 Å². The van der Waals surface area contributed by atoms with E-state index in [0.717, 1.165) is 11.1 Å². The van der Waals surface area contributed by atoms with Crippen LogP contribution in [0.3, 0.4) is 0 Å². The molecule has 0 aromatic heterocycles. The number of alkyl halides is 2. The lowest BCUT2D eigenvalue weighted by atomic mass is 10.1. The largest absolute Gasteiger partial charge is 0.386 e. The van der Waals surface area contributed by atoms with Gasteiger partial charge in [0.2, 0.25) is 0 Å². The van der Waals surface area contributed by atoms with Gasteiger partial charge in [0.25, 0.3) is 6.43 Å². The highest BCUT2D eigenvalue weighted by Crippen LogP contribution is 2.10. The fourth-order valence-electron chi connectivity index (χ4n) is 1.24. The fourth-order valence-corrected chi connectivity index (χ4v) is 1.24. The van der Waals surface area contributed by atoms with Gasteiger partial charge in [-0.3, -0.25) is 0 Å². The third-order valence-corrected chi connectivity index (χ3v) is 2.16. The van der Waals surface area contributed by atoms with Crippen molar-refractivity contribution in [3.05, 3.63) is 42.5 Å². The number of halogens is 2. The van der Waals surface area contributed by atoms with E-state index in [-0.39, 0.29) is 6.54 Å². The van der Waals surface area contributed by atoms with Crippen LogP contribution in [-0.2, 0) is 0 Å². The van der Waals surface area contributed by atoms with Gasteiger partial charge in [0.1, 0.15) is 6.10 Å². The van der Waals surface area contributed by atoms with E-state index < -0.39 is 12.5 Å². The van der Waals surface area contributed by atoms with Crippen LogP contribution >= 0.6 is 0 Å². The molecule has 0 radical (unpaired) electrons. The predicted octanol–water partition coefficient (Wildman–Crippen LogP) is 1.92. The molecule has 0 aliphatic rings. The number of benzene rings is 1. The van der Waals surface area contributed by atoms with Gasteiger partial charge in [0, 0.05) is 13.1 Å². The first-order chi connectivity index (χ1) is 7.61. The summed E-state index contributed by atoms with van der Waals surface area (Å²) in [5.74, 6) is 0. The summed E-state index contributed by atoms with van der Waals surface area (Å²) >= 11 is 0. The standard InChI is InChI=1S/C12H15F2NO/c1-9(10-5-3-2-4-6-10)7-15-8-11(16)12(13)14/h2-6,11-12,15-16H,1,7-8H2. The first-order valence-electron chi connectivity index (χ1n) is 5.01. The molecule has 2 nitrogen and oxygen atoms in total. The van der Waals surface area contributed by atoms with E-state index in [4.69, 9.17) is 5.11 Å². The molecule has 88 valence electrons. The van der Waals surface area contributed by atoms with Gasteiger partial charge in [-0.2, -0.15) is 0 Å². The maximum Gasteiger partial charge on any atom is 0.265 e. The molecular formula is C12H15F2NO. The zero-order chi connectivity index (χ0) is 12.0. The molecule has 1 aromatic rings. The quantitative estimate of drug-likeness (QED) is 0.778. The molecule has 16 heavy (non-hydrogen) atoms. The van der Waals surface area contributed by atoms with Crippen LogP contribution in [0, 0.1) is 0 Å². The van der Waals surface area contributed by atoms with Gasteiger partial charge < -0.3 is 10.4 Å². The van der Waals surface area contributed by atoms with Crippen molar-refractivity contribution in [1.29, 1.82) is 0 Å². The molecule has 0 spiro atoms. The summed E-state index contributed by atoms with van der Waals surface area (Å²) in [6, 6.07) is 9.45. The molecule has 0 aliphatic carbocycles. The molecule has 0 saturated carbocycles. The van der Waals surface area contributed by atoms with E-state index >= 15 is 0 Å². The molecule has 0 aliphatic heterocycles. The van der Waals surface area contributed by atoms with Crippen LogP contribution in [0.4, 0.5) is 8.78 Å². The Balaban J connectivity index is 2.31. The second kappa shape index (κ2) is 6.35. The smallest absolute Gasteiger partial charge is 0.265 e. The lowest BCUT2D eigenvalue weighted by molar-refractivity contribution is -0.00268. The highest BCUT2D eigenvalue weighted by Gasteiger charge is 2.15. The molecular weight excluding hydrogens is 212 g/mol. The Morgan fingerprint density at radius 2 is 1.94 bits per heavy atom. The molecule has 1 atom stereocenters. The summed E-state index contributed by atoms with van der Waals surface area (Å²) in [6.45, 7) is 4.08. The van der Waals surface area contributed by atoms with E-state index in [1.54, 1.807) is 0 Å². The van der Waals surface area contributed by atoms with E-state index in [1.165, 1.54) is 0 Å². The Kier molecular flexibility index (Phi) is 5.08. The Morgan fingerprint density at radius 1 is 1.31 bits per heavy atom. The zero-order valence-electron chi connectivity index (χ0n) is 8.87. The molecule has 0 saturated heterocycles. The average molecular weight is 227 g/mol. The molecule has 0 heterocycles. The summed E-state index contributed by atoms with van der Waals surface area (Å²) in [5.41, 5.74) is 1.77. The first kappa shape index (κ1) is 12.8. The average Bonchev–Trinajstić information content (AvgIpc) is 2.29. The Hall–Kier alpha value is -1.26. The van der Waals surface area contributed by atoms with Crippen molar-refractivity contribution in [2.24, 2.45) is 0 Å². The summed E-state index contributed by atoms with van der Waals surface area (Å²) < 4.78 is 23.9. The van der Waals surface area contributed by atoms with Crippen LogP contribution < -0.4 is 5.32 Å². The molecule has 1 unspecified atom stereocenters. The number of rotatable bonds is 6. The van der Waals surface area contributed by atoms with E-state index in [1.807, 2.05) is 30.3 Å². The number of nitrogens with one attached hydrogen (secondary N) is 1. The topological polar surface area (TPSA) is 32.3 Å². The monoisotopic (exact) mass is 227 g/mol. The Labute approximate surface area is 93.6 Å². The first-order valence-corrected chi connectivity index (χ1v) is 5.01. The minimum absolute atomic E-state index is 0.135. The maximum absolute atomic E-state index is 12.0. The molecule has 1 rings (SSSR count). The summed E-state index contributed by atoms with van der Waals surface area (Å²) in [7, 11) is 0. The molecule has 1 aromatic carbocycles. The lowest BCUT2D eigenvalue weighted by Gasteiger charge is -2.11. The van der Waals surface area contributed by atoms with Gasteiger partial charge in [0.05, 0.1) is 0 Å². The molecule has 0 fully saturated rings.